The van der Waals surface area contributed by atoms with E-state index < -0.39 is 17.8 Å². The van der Waals surface area contributed by atoms with E-state index in [4.69, 9.17) is 4.42 Å². The molecule has 0 saturated carbocycles. The van der Waals surface area contributed by atoms with Crippen molar-refractivity contribution < 1.29 is 17.6 Å². The van der Waals surface area contributed by atoms with E-state index in [1.165, 1.54) is 30.0 Å². The van der Waals surface area contributed by atoms with Gasteiger partial charge < -0.3 is 14.3 Å². The van der Waals surface area contributed by atoms with E-state index in [1.807, 2.05) is 0 Å². The van der Waals surface area contributed by atoms with E-state index >= 15 is 0 Å². The summed E-state index contributed by atoms with van der Waals surface area (Å²) in [6.45, 7) is 4.82. The molecule has 7 nitrogen and oxygen atoms in total. The molecular weight excluding hydrogens is 423 g/mol. The van der Waals surface area contributed by atoms with E-state index in [0.717, 1.165) is 6.07 Å². The number of anilines is 1. The van der Waals surface area contributed by atoms with Gasteiger partial charge in [-0.2, -0.15) is 13.2 Å². The van der Waals surface area contributed by atoms with Crippen molar-refractivity contribution >= 4 is 16.7 Å². The quantitative estimate of drug-likeness (QED) is 0.488. The van der Waals surface area contributed by atoms with Gasteiger partial charge in [0, 0.05) is 7.05 Å². The van der Waals surface area contributed by atoms with Crippen LogP contribution in [-0.2, 0) is 13.2 Å². The Morgan fingerprint density at radius 2 is 1.94 bits per heavy atom. The van der Waals surface area contributed by atoms with Gasteiger partial charge in [0.15, 0.2) is 0 Å². The second-order valence-corrected chi connectivity index (χ2v) is 7.50. The largest absolute Gasteiger partial charge is 0.443 e. The third kappa shape index (κ3) is 3.72. The first kappa shape index (κ1) is 21.5. The van der Waals surface area contributed by atoms with E-state index in [9.17, 15) is 18.0 Å². The van der Waals surface area contributed by atoms with Crippen molar-refractivity contribution in [3.63, 3.8) is 0 Å². The number of rotatable bonds is 4. The van der Waals surface area contributed by atoms with Crippen LogP contribution in [0.5, 0.6) is 0 Å². The molecule has 32 heavy (non-hydrogen) atoms. The van der Waals surface area contributed by atoms with E-state index in [0.29, 0.717) is 28.3 Å². The molecule has 0 amide bonds. The molecule has 0 unspecified atom stereocenters. The zero-order valence-corrected chi connectivity index (χ0v) is 17.8. The van der Waals surface area contributed by atoms with Crippen molar-refractivity contribution in [1.29, 1.82) is 0 Å². The topological polar surface area (TPSA) is 85.8 Å². The number of nitrogens with one attached hydrogen (secondary N) is 1. The second-order valence-electron chi connectivity index (χ2n) is 7.50. The minimum atomic E-state index is -4.45. The number of nitrogens with zero attached hydrogens (tertiary/aromatic N) is 4. The van der Waals surface area contributed by atoms with Gasteiger partial charge in [-0.15, -0.1) is 0 Å². The van der Waals surface area contributed by atoms with Gasteiger partial charge in [-0.3, -0.25) is 4.79 Å². The molecule has 1 aromatic carbocycles. The van der Waals surface area contributed by atoms with Crippen molar-refractivity contribution in [3.8, 4) is 11.6 Å². The van der Waals surface area contributed by atoms with Gasteiger partial charge in [-0.05, 0) is 44.0 Å². The second kappa shape index (κ2) is 7.77. The number of alkyl halides is 3. The molecule has 0 fully saturated rings. The van der Waals surface area contributed by atoms with Crippen molar-refractivity contribution in [2.24, 2.45) is 7.05 Å². The van der Waals surface area contributed by atoms with Gasteiger partial charge in [0.2, 0.25) is 5.89 Å². The van der Waals surface area contributed by atoms with Crippen LogP contribution < -0.4 is 10.9 Å². The third-order valence-corrected chi connectivity index (χ3v) is 5.36. The number of aromatic nitrogens is 4. The summed E-state index contributed by atoms with van der Waals surface area (Å²) in [6.07, 6.45) is -1.59. The predicted octanol–water partition coefficient (Wildman–Crippen LogP) is 4.79. The molecule has 166 valence electrons. The summed E-state index contributed by atoms with van der Waals surface area (Å²) in [5.74, 6) is 0.941. The minimum absolute atomic E-state index is 0.131. The van der Waals surface area contributed by atoms with Crippen LogP contribution in [0.25, 0.3) is 22.5 Å². The van der Waals surface area contributed by atoms with Crippen molar-refractivity contribution in [2.45, 2.75) is 33.0 Å². The summed E-state index contributed by atoms with van der Waals surface area (Å²) >= 11 is 0. The van der Waals surface area contributed by atoms with Crippen LogP contribution in [0.3, 0.4) is 0 Å². The summed E-state index contributed by atoms with van der Waals surface area (Å²) in [5, 5.41) is 3.58. The molecule has 0 saturated heterocycles. The Morgan fingerprint density at radius 3 is 2.59 bits per heavy atom. The Bertz CT molecular complexity index is 1360. The molecule has 0 spiro atoms. The molecule has 4 rings (SSSR count). The standard InChI is InChI=1S/C22H20F3N5O2/c1-11-14(6-5-7-16(11)22(23,24)25)12(2)27-19-15-10-17(20-26-8-9-32-20)30(4)21(31)18(15)28-13(3)29-19/h5-10,12H,1-4H3,(H,27,28,29)/t12-/m1/s1. The highest BCUT2D eigenvalue weighted by atomic mass is 19.4. The summed E-state index contributed by atoms with van der Waals surface area (Å²) in [7, 11) is 1.58. The Hall–Kier alpha value is -3.69. The van der Waals surface area contributed by atoms with Crippen LogP contribution in [0.15, 0.2) is 45.9 Å². The highest BCUT2D eigenvalue weighted by molar-refractivity contribution is 5.91. The smallest absolute Gasteiger partial charge is 0.416 e. The lowest BCUT2D eigenvalue weighted by molar-refractivity contribution is -0.138. The molecule has 0 aliphatic rings. The molecule has 0 radical (unpaired) electrons. The highest BCUT2D eigenvalue weighted by Gasteiger charge is 2.33. The number of fused-ring (bicyclic) bond motifs is 1. The van der Waals surface area contributed by atoms with Crippen LogP contribution in [0.2, 0.25) is 0 Å². The molecule has 10 heteroatoms. The van der Waals surface area contributed by atoms with Gasteiger partial charge in [0.05, 0.1) is 23.2 Å². The average molecular weight is 443 g/mol. The van der Waals surface area contributed by atoms with E-state index in [-0.39, 0.29) is 22.5 Å². The minimum Gasteiger partial charge on any atom is -0.443 e. The van der Waals surface area contributed by atoms with Crippen LogP contribution in [0, 0.1) is 13.8 Å². The third-order valence-electron chi connectivity index (χ3n) is 5.36. The molecule has 4 aromatic rings. The molecule has 0 bridgehead atoms. The van der Waals surface area contributed by atoms with Gasteiger partial charge in [-0.25, -0.2) is 15.0 Å². The molecule has 1 atom stereocenters. The van der Waals surface area contributed by atoms with Crippen LogP contribution in [-0.4, -0.2) is 19.5 Å². The summed E-state index contributed by atoms with van der Waals surface area (Å²) < 4.78 is 46.8. The van der Waals surface area contributed by atoms with Crippen LogP contribution in [0.1, 0.15) is 35.5 Å². The maximum absolute atomic E-state index is 13.3. The Morgan fingerprint density at radius 1 is 1.19 bits per heavy atom. The molecule has 3 aromatic heterocycles. The lowest BCUT2D eigenvalue weighted by atomic mass is 9.97. The first-order valence-electron chi connectivity index (χ1n) is 9.79. The number of pyridine rings is 1. The number of aryl methyl sites for hydroxylation is 1. The number of oxazole rings is 1. The maximum atomic E-state index is 13.3. The summed E-state index contributed by atoms with van der Waals surface area (Å²) in [6, 6.07) is 5.22. The fourth-order valence-electron chi connectivity index (χ4n) is 3.76. The van der Waals surface area contributed by atoms with Crippen molar-refractivity contribution in [2.75, 3.05) is 5.32 Å². The Kier molecular flexibility index (Phi) is 5.23. The molecule has 0 aliphatic carbocycles. The zero-order valence-electron chi connectivity index (χ0n) is 17.8. The lowest BCUT2D eigenvalue weighted by Gasteiger charge is -2.21. The van der Waals surface area contributed by atoms with Crippen molar-refractivity contribution in [1.82, 2.24) is 19.5 Å². The number of benzene rings is 1. The van der Waals surface area contributed by atoms with Gasteiger partial charge >= 0.3 is 6.18 Å². The monoisotopic (exact) mass is 443 g/mol. The summed E-state index contributed by atoms with van der Waals surface area (Å²) in [4.78, 5) is 25.8. The van der Waals surface area contributed by atoms with E-state index in [2.05, 4.69) is 20.3 Å². The van der Waals surface area contributed by atoms with Gasteiger partial charge in [-0.1, -0.05) is 12.1 Å². The zero-order chi connectivity index (χ0) is 23.2. The van der Waals surface area contributed by atoms with Crippen molar-refractivity contribution in [3.05, 3.63) is 69.6 Å². The molecule has 0 aliphatic heterocycles. The highest BCUT2D eigenvalue weighted by Crippen LogP contribution is 2.35. The number of hydrogen-bond donors (Lipinski definition) is 1. The molecule has 3 heterocycles. The van der Waals surface area contributed by atoms with Crippen LogP contribution in [0.4, 0.5) is 19.0 Å². The number of hydrogen-bond acceptors (Lipinski definition) is 6. The van der Waals surface area contributed by atoms with E-state index in [1.54, 1.807) is 33.0 Å². The average Bonchev–Trinajstić information content (AvgIpc) is 3.24. The fourth-order valence-corrected chi connectivity index (χ4v) is 3.76. The maximum Gasteiger partial charge on any atom is 0.416 e. The fraction of sp³-hybridized carbons (Fsp3) is 0.273. The lowest BCUT2D eigenvalue weighted by Crippen LogP contribution is -2.21. The van der Waals surface area contributed by atoms with Gasteiger partial charge in [0.25, 0.3) is 5.56 Å². The molecular formula is C22H20F3N5O2. The number of halogens is 3. The van der Waals surface area contributed by atoms with Gasteiger partial charge in [0.1, 0.15) is 29.1 Å². The Labute approximate surface area is 181 Å². The SMILES string of the molecule is Cc1nc(N[C@H](C)c2cccc(C(F)(F)F)c2C)c2cc(-c3ncco3)n(C)c(=O)c2n1. The first-order chi connectivity index (χ1) is 15.1. The first-order valence-corrected chi connectivity index (χ1v) is 9.79. The molecule has 1 N–H and O–H groups in total. The normalized spacial score (nSPS) is 12.8. The Balaban J connectivity index is 1.84. The summed E-state index contributed by atoms with van der Waals surface area (Å²) in [5.41, 5.74) is 0.156. The van der Waals surface area contributed by atoms with Crippen LogP contribution >= 0.6 is 0 Å². The predicted molar refractivity (Wildman–Crippen MR) is 113 cm³/mol.